The molecule has 1 amide bonds. The van der Waals surface area contributed by atoms with Crippen LogP contribution in [0.2, 0.25) is 5.02 Å². The second kappa shape index (κ2) is 6.88. The molecule has 3 aromatic rings. The standard InChI is InChI=1S/C19H21ClN4O3/c1-3-23-11-15(12(2)21-23)18(25)22-8-4-5-14(10-22)24-16-9-13(20)6-7-17(16)27-19(24)26/h6-7,9,11,14H,3-5,8,10H2,1-2H3. The molecule has 1 atom stereocenters. The number of hydrogen-bond acceptors (Lipinski definition) is 4. The lowest BCUT2D eigenvalue weighted by molar-refractivity contribution is 0.0677. The van der Waals surface area contributed by atoms with Gasteiger partial charge in [-0.2, -0.15) is 5.10 Å². The van der Waals surface area contributed by atoms with Gasteiger partial charge in [0.05, 0.1) is 22.8 Å². The summed E-state index contributed by atoms with van der Waals surface area (Å²) < 4.78 is 8.75. The number of benzene rings is 1. The Morgan fingerprint density at radius 2 is 2.22 bits per heavy atom. The van der Waals surface area contributed by atoms with Crippen LogP contribution in [0.4, 0.5) is 0 Å². The second-order valence-electron chi connectivity index (χ2n) is 6.88. The number of aryl methyl sites for hydroxylation is 2. The maximum atomic E-state index is 13.0. The van der Waals surface area contributed by atoms with E-state index in [4.69, 9.17) is 16.0 Å². The van der Waals surface area contributed by atoms with Gasteiger partial charge in [-0.25, -0.2) is 4.79 Å². The fourth-order valence-corrected chi connectivity index (χ4v) is 3.93. The Morgan fingerprint density at radius 3 is 2.96 bits per heavy atom. The van der Waals surface area contributed by atoms with Crippen LogP contribution in [0.3, 0.4) is 0 Å². The summed E-state index contributed by atoms with van der Waals surface area (Å²) in [4.78, 5) is 27.2. The highest BCUT2D eigenvalue weighted by Crippen LogP contribution is 2.27. The fourth-order valence-electron chi connectivity index (χ4n) is 3.76. The zero-order valence-electron chi connectivity index (χ0n) is 15.3. The monoisotopic (exact) mass is 388 g/mol. The maximum absolute atomic E-state index is 13.0. The number of hydrogen-bond donors (Lipinski definition) is 0. The number of halogens is 1. The van der Waals surface area contributed by atoms with Crippen LogP contribution in [0.1, 0.15) is 41.9 Å². The van der Waals surface area contributed by atoms with Crippen molar-refractivity contribution >= 4 is 28.6 Å². The molecule has 1 fully saturated rings. The minimum atomic E-state index is -0.415. The lowest BCUT2D eigenvalue weighted by atomic mass is 10.0. The van der Waals surface area contributed by atoms with Crippen LogP contribution >= 0.6 is 11.6 Å². The van der Waals surface area contributed by atoms with E-state index in [0.29, 0.717) is 41.3 Å². The van der Waals surface area contributed by atoms with E-state index in [1.54, 1.807) is 38.5 Å². The Hall–Kier alpha value is -2.54. The number of aromatic nitrogens is 3. The molecule has 4 rings (SSSR count). The Balaban J connectivity index is 1.64. The van der Waals surface area contributed by atoms with Gasteiger partial charge in [-0.3, -0.25) is 14.0 Å². The summed E-state index contributed by atoms with van der Waals surface area (Å²) in [5, 5.41) is 4.91. The van der Waals surface area contributed by atoms with E-state index in [1.165, 1.54) is 0 Å². The van der Waals surface area contributed by atoms with Crippen molar-refractivity contribution in [3.05, 3.63) is 51.2 Å². The molecule has 0 aliphatic carbocycles. The summed E-state index contributed by atoms with van der Waals surface area (Å²) in [6, 6.07) is 4.99. The highest BCUT2D eigenvalue weighted by atomic mass is 35.5. The molecular formula is C19H21ClN4O3. The Bertz CT molecular complexity index is 1060. The van der Waals surface area contributed by atoms with E-state index in [1.807, 2.05) is 13.8 Å². The van der Waals surface area contributed by atoms with E-state index in [0.717, 1.165) is 18.5 Å². The topological polar surface area (TPSA) is 73.3 Å². The molecule has 1 aliphatic rings. The van der Waals surface area contributed by atoms with E-state index in [-0.39, 0.29) is 11.9 Å². The van der Waals surface area contributed by atoms with Gasteiger partial charge >= 0.3 is 5.76 Å². The van der Waals surface area contributed by atoms with Crippen molar-refractivity contribution in [2.45, 2.75) is 39.3 Å². The minimum absolute atomic E-state index is 0.0456. The summed E-state index contributed by atoms with van der Waals surface area (Å²) in [5.41, 5.74) is 2.52. The quantitative estimate of drug-likeness (QED) is 0.690. The highest BCUT2D eigenvalue weighted by Gasteiger charge is 2.29. The second-order valence-corrected chi connectivity index (χ2v) is 7.32. The van der Waals surface area contributed by atoms with Gasteiger partial charge in [0.25, 0.3) is 5.91 Å². The van der Waals surface area contributed by atoms with Crippen LogP contribution in [0, 0.1) is 6.92 Å². The molecule has 142 valence electrons. The van der Waals surface area contributed by atoms with Crippen molar-refractivity contribution in [2.24, 2.45) is 0 Å². The van der Waals surface area contributed by atoms with E-state index in [2.05, 4.69) is 5.10 Å². The number of likely N-dealkylation sites (tertiary alicyclic amines) is 1. The van der Waals surface area contributed by atoms with Gasteiger partial charge in [-0.1, -0.05) is 11.6 Å². The fraction of sp³-hybridized carbons (Fsp3) is 0.421. The van der Waals surface area contributed by atoms with Crippen LogP contribution < -0.4 is 5.76 Å². The third-order valence-corrected chi connectivity index (χ3v) is 5.36. The predicted molar refractivity (Wildman–Crippen MR) is 102 cm³/mol. The highest BCUT2D eigenvalue weighted by molar-refractivity contribution is 6.31. The molecule has 27 heavy (non-hydrogen) atoms. The number of fused-ring (bicyclic) bond motifs is 1. The number of rotatable bonds is 3. The van der Waals surface area contributed by atoms with Crippen molar-refractivity contribution < 1.29 is 9.21 Å². The van der Waals surface area contributed by atoms with Crippen LogP contribution in [0.15, 0.2) is 33.6 Å². The molecule has 1 saturated heterocycles. The average Bonchev–Trinajstić information content (AvgIpc) is 3.19. The van der Waals surface area contributed by atoms with Gasteiger partial charge in [-0.15, -0.1) is 0 Å². The Morgan fingerprint density at radius 1 is 1.41 bits per heavy atom. The van der Waals surface area contributed by atoms with Crippen molar-refractivity contribution in [2.75, 3.05) is 13.1 Å². The molecule has 0 bridgehead atoms. The van der Waals surface area contributed by atoms with Crippen molar-refractivity contribution in [3.63, 3.8) is 0 Å². The summed E-state index contributed by atoms with van der Waals surface area (Å²) in [5.74, 6) is -0.461. The number of nitrogens with zero attached hydrogens (tertiary/aromatic N) is 4. The molecule has 1 aromatic carbocycles. The Labute approximate surface area is 161 Å². The molecule has 0 N–H and O–H groups in total. The van der Waals surface area contributed by atoms with Crippen LogP contribution in [-0.2, 0) is 6.54 Å². The molecule has 0 radical (unpaired) electrons. The first-order valence-corrected chi connectivity index (χ1v) is 9.49. The smallest absolute Gasteiger partial charge is 0.408 e. The molecule has 7 nitrogen and oxygen atoms in total. The average molecular weight is 389 g/mol. The first-order chi connectivity index (χ1) is 13.0. The Kier molecular flexibility index (Phi) is 4.55. The number of carbonyl (C=O) groups excluding carboxylic acids is 1. The van der Waals surface area contributed by atoms with Crippen molar-refractivity contribution in [1.29, 1.82) is 0 Å². The van der Waals surface area contributed by atoms with Gasteiger partial charge in [0.15, 0.2) is 5.58 Å². The van der Waals surface area contributed by atoms with Crippen LogP contribution in [0.5, 0.6) is 0 Å². The summed E-state index contributed by atoms with van der Waals surface area (Å²) in [6.07, 6.45) is 3.41. The number of piperidine rings is 1. The molecule has 3 heterocycles. The SMILES string of the molecule is CCn1cc(C(=O)N2CCCC(n3c(=O)oc4ccc(Cl)cc43)C2)c(C)n1. The zero-order valence-corrected chi connectivity index (χ0v) is 16.1. The zero-order chi connectivity index (χ0) is 19.1. The van der Waals surface area contributed by atoms with Gasteiger partial charge < -0.3 is 9.32 Å². The van der Waals surface area contributed by atoms with E-state index < -0.39 is 5.76 Å². The van der Waals surface area contributed by atoms with Crippen LogP contribution in [0.25, 0.3) is 11.1 Å². The van der Waals surface area contributed by atoms with Gasteiger partial charge in [0, 0.05) is 30.9 Å². The normalized spacial score (nSPS) is 17.6. The summed E-state index contributed by atoms with van der Waals surface area (Å²) in [7, 11) is 0. The van der Waals surface area contributed by atoms with Gasteiger partial charge in [0.2, 0.25) is 0 Å². The molecule has 0 saturated carbocycles. The predicted octanol–water partition coefficient (Wildman–Crippen LogP) is 3.25. The van der Waals surface area contributed by atoms with Gasteiger partial charge in [0.1, 0.15) is 0 Å². The first-order valence-electron chi connectivity index (χ1n) is 9.12. The van der Waals surface area contributed by atoms with E-state index >= 15 is 0 Å². The maximum Gasteiger partial charge on any atom is 0.420 e. The lowest BCUT2D eigenvalue weighted by Gasteiger charge is -2.33. The number of carbonyl (C=O) groups is 1. The minimum Gasteiger partial charge on any atom is -0.408 e. The molecule has 8 heteroatoms. The summed E-state index contributed by atoms with van der Waals surface area (Å²) in [6.45, 7) is 5.66. The number of amides is 1. The third-order valence-electron chi connectivity index (χ3n) is 5.12. The number of oxazole rings is 1. The molecular weight excluding hydrogens is 368 g/mol. The van der Waals surface area contributed by atoms with Crippen molar-refractivity contribution in [1.82, 2.24) is 19.2 Å². The van der Waals surface area contributed by atoms with Crippen molar-refractivity contribution in [3.8, 4) is 0 Å². The lowest BCUT2D eigenvalue weighted by Crippen LogP contribution is -2.42. The van der Waals surface area contributed by atoms with Gasteiger partial charge in [-0.05, 0) is 44.9 Å². The molecule has 1 unspecified atom stereocenters. The molecule has 2 aromatic heterocycles. The largest absolute Gasteiger partial charge is 0.420 e. The molecule has 0 spiro atoms. The first kappa shape index (κ1) is 17.9. The third kappa shape index (κ3) is 3.16. The molecule has 1 aliphatic heterocycles. The van der Waals surface area contributed by atoms with Crippen LogP contribution in [-0.4, -0.2) is 38.2 Å². The summed E-state index contributed by atoms with van der Waals surface area (Å²) >= 11 is 6.10. The van der Waals surface area contributed by atoms with E-state index in [9.17, 15) is 9.59 Å².